The first kappa shape index (κ1) is 22.1. The lowest BCUT2D eigenvalue weighted by Crippen LogP contribution is -2.54. The van der Waals surface area contributed by atoms with Crippen LogP contribution in [-0.4, -0.2) is 22.4 Å². The molecule has 4 aliphatic rings. The van der Waals surface area contributed by atoms with Gasteiger partial charge in [-0.1, -0.05) is 40.5 Å². The minimum absolute atomic E-state index is 0.0265. The summed E-state index contributed by atoms with van der Waals surface area (Å²) in [6.45, 7) is 9.89. The largest absolute Gasteiger partial charge is 0.393 e. The second-order valence-electron chi connectivity index (χ2n) is 12.3. The third-order valence-electron chi connectivity index (χ3n) is 11.1. The van der Waals surface area contributed by atoms with Gasteiger partial charge in [0.1, 0.15) is 0 Å². The van der Waals surface area contributed by atoms with E-state index in [0.29, 0.717) is 10.8 Å². The first-order valence-corrected chi connectivity index (χ1v) is 13.2. The number of aliphatic hydroxyl groups excluding tert-OH is 2. The van der Waals surface area contributed by atoms with Gasteiger partial charge in [0.15, 0.2) is 0 Å². The van der Waals surface area contributed by atoms with E-state index in [2.05, 4.69) is 27.7 Å². The topological polar surface area (TPSA) is 40.5 Å². The van der Waals surface area contributed by atoms with Crippen LogP contribution in [0.1, 0.15) is 111 Å². The van der Waals surface area contributed by atoms with Crippen molar-refractivity contribution in [2.75, 3.05) is 0 Å². The fourth-order valence-electron chi connectivity index (χ4n) is 9.29. The van der Waals surface area contributed by atoms with Crippen molar-refractivity contribution in [1.29, 1.82) is 0 Å². The van der Waals surface area contributed by atoms with Crippen LogP contribution in [0.3, 0.4) is 0 Å². The monoisotopic (exact) mass is 404 g/mol. The summed E-state index contributed by atoms with van der Waals surface area (Å²) in [7, 11) is 0. The van der Waals surface area contributed by atoms with Crippen molar-refractivity contribution in [3.8, 4) is 0 Å². The average Bonchev–Trinajstić information content (AvgIpc) is 3.05. The van der Waals surface area contributed by atoms with E-state index in [1.54, 1.807) is 0 Å². The minimum atomic E-state index is -0.0884. The molecule has 0 aromatic heterocycles. The van der Waals surface area contributed by atoms with Crippen LogP contribution in [0.25, 0.3) is 0 Å². The molecule has 0 heterocycles. The molecule has 0 aromatic rings. The molecule has 0 bridgehead atoms. The third-order valence-corrected chi connectivity index (χ3v) is 11.1. The Morgan fingerprint density at radius 2 is 1.62 bits per heavy atom. The lowest BCUT2D eigenvalue weighted by molar-refractivity contribution is -0.129. The van der Waals surface area contributed by atoms with Gasteiger partial charge in [-0.25, -0.2) is 0 Å². The molecule has 0 saturated heterocycles. The molecule has 4 saturated carbocycles. The molecule has 4 fully saturated rings. The normalized spacial score (nSPS) is 49.0. The smallest absolute Gasteiger partial charge is 0.0543 e. The predicted octanol–water partition coefficient (Wildman–Crippen LogP) is 6.58. The summed E-state index contributed by atoms with van der Waals surface area (Å²) in [6.07, 6.45) is 16.3. The summed E-state index contributed by atoms with van der Waals surface area (Å²) in [6, 6.07) is 0. The van der Waals surface area contributed by atoms with Crippen molar-refractivity contribution in [3.05, 3.63) is 0 Å². The van der Waals surface area contributed by atoms with Crippen molar-refractivity contribution in [2.24, 2.45) is 46.3 Å². The predicted molar refractivity (Wildman–Crippen MR) is 121 cm³/mol. The van der Waals surface area contributed by atoms with Crippen LogP contribution in [0.4, 0.5) is 0 Å². The summed E-state index contributed by atoms with van der Waals surface area (Å²) in [5.74, 6) is 5.29. The molecule has 2 N–H and O–H groups in total. The first-order valence-electron chi connectivity index (χ1n) is 13.2. The maximum atomic E-state index is 10.3. The van der Waals surface area contributed by atoms with Crippen molar-refractivity contribution < 1.29 is 10.2 Å². The maximum Gasteiger partial charge on any atom is 0.0543 e. The number of fused-ring (bicyclic) bond motifs is 5. The second-order valence-corrected chi connectivity index (χ2v) is 12.3. The summed E-state index contributed by atoms with van der Waals surface area (Å²) in [5, 5.41) is 20.2. The van der Waals surface area contributed by atoms with Crippen molar-refractivity contribution in [1.82, 2.24) is 0 Å². The molecular formula is C27H48O2. The number of rotatable bonds is 6. The van der Waals surface area contributed by atoms with Gasteiger partial charge in [-0.2, -0.15) is 0 Å². The molecule has 0 aromatic carbocycles. The van der Waals surface area contributed by atoms with E-state index in [0.717, 1.165) is 61.2 Å². The Kier molecular flexibility index (Phi) is 6.45. The molecule has 0 aliphatic heterocycles. The fourth-order valence-corrected chi connectivity index (χ4v) is 9.29. The highest BCUT2D eigenvalue weighted by molar-refractivity contribution is 5.09. The summed E-state index contributed by atoms with van der Waals surface area (Å²) < 4.78 is 0. The Labute approximate surface area is 180 Å². The van der Waals surface area contributed by atoms with Crippen LogP contribution in [0, 0.1) is 46.3 Å². The highest BCUT2D eigenvalue weighted by atomic mass is 16.3. The van der Waals surface area contributed by atoms with Gasteiger partial charge in [-0.05, 0) is 117 Å². The van der Waals surface area contributed by atoms with Crippen LogP contribution in [-0.2, 0) is 0 Å². The van der Waals surface area contributed by atoms with E-state index >= 15 is 0 Å². The van der Waals surface area contributed by atoms with Gasteiger partial charge in [0, 0.05) is 0 Å². The molecule has 0 radical (unpaired) electrons. The fraction of sp³-hybridized carbons (Fsp3) is 1.00. The average molecular weight is 405 g/mol. The van der Waals surface area contributed by atoms with E-state index in [9.17, 15) is 10.2 Å². The Balaban J connectivity index is 1.43. The van der Waals surface area contributed by atoms with E-state index in [1.165, 1.54) is 57.8 Å². The maximum absolute atomic E-state index is 10.3. The standard InChI is InChI=1S/C27H48O2/c1-5-20(28)8-6-7-18(2)23-11-12-24-22-10-9-19-17-21(29)13-15-26(19,3)25(22)14-16-27(23,24)4/h18-25,28-29H,5-17H2,1-4H3/t18-,19+,20?,21+,22+,23-,24?,25+,26+,27-/m1/s1. The lowest BCUT2D eigenvalue weighted by atomic mass is 9.44. The highest BCUT2D eigenvalue weighted by Gasteiger charge is 2.60. The third kappa shape index (κ3) is 3.84. The van der Waals surface area contributed by atoms with E-state index in [1.807, 2.05) is 0 Å². The van der Waals surface area contributed by atoms with E-state index < -0.39 is 0 Å². The SMILES string of the molecule is CCC(O)CCC[C@@H](C)[C@H]1CCC2[C@@H]3CC[C@H]4C[C@@H](O)CC[C@]4(C)[C@H]3CC[C@@]21C. The van der Waals surface area contributed by atoms with Gasteiger partial charge in [-0.3, -0.25) is 0 Å². The first-order chi connectivity index (χ1) is 13.8. The molecule has 0 amide bonds. The number of aliphatic hydroxyl groups is 2. The summed E-state index contributed by atoms with van der Waals surface area (Å²) >= 11 is 0. The number of hydrogen-bond donors (Lipinski definition) is 2. The van der Waals surface area contributed by atoms with Crippen LogP contribution < -0.4 is 0 Å². The Morgan fingerprint density at radius 3 is 2.38 bits per heavy atom. The molecule has 2 heteroatoms. The molecule has 4 aliphatic carbocycles. The molecule has 10 atom stereocenters. The van der Waals surface area contributed by atoms with Gasteiger partial charge in [0.05, 0.1) is 12.2 Å². The number of hydrogen-bond acceptors (Lipinski definition) is 2. The van der Waals surface area contributed by atoms with Crippen LogP contribution in [0.5, 0.6) is 0 Å². The summed E-state index contributed by atoms with van der Waals surface area (Å²) in [4.78, 5) is 0. The van der Waals surface area contributed by atoms with Gasteiger partial charge in [-0.15, -0.1) is 0 Å². The molecule has 4 rings (SSSR count). The summed E-state index contributed by atoms with van der Waals surface area (Å²) in [5.41, 5.74) is 1.06. The molecule has 2 unspecified atom stereocenters. The van der Waals surface area contributed by atoms with Gasteiger partial charge < -0.3 is 10.2 Å². The highest BCUT2D eigenvalue weighted by Crippen LogP contribution is 2.68. The minimum Gasteiger partial charge on any atom is -0.393 e. The van der Waals surface area contributed by atoms with Crippen molar-refractivity contribution >= 4 is 0 Å². The lowest BCUT2D eigenvalue weighted by Gasteiger charge is -2.61. The van der Waals surface area contributed by atoms with Crippen molar-refractivity contribution in [2.45, 2.75) is 123 Å². The zero-order valence-corrected chi connectivity index (χ0v) is 19.7. The van der Waals surface area contributed by atoms with Crippen molar-refractivity contribution in [3.63, 3.8) is 0 Å². The van der Waals surface area contributed by atoms with Gasteiger partial charge in [0.2, 0.25) is 0 Å². The zero-order valence-electron chi connectivity index (χ0n) is 19.7. The zero-order chi connectivity index (χ0) is 20.8. The van der Waals surface area contributed by atoms with E-state index in [4.69, 9.17) is 0 Å². The van der Waals surface area contributed by atoms with E-state index in [-0.39, 0.29) is 12.2 Å². The van der Waals surface area contributed by atoms with Crippen LogP contribution in [0.2, 0.25) is 0 Å². The molecule has 0 spiro atoms. The molecule has 29 heavy (non-hydrogen) atoms. The Morgan fingerprint density at radius 1 is 0.897 bits per heavy atom. The van der Waals surface area contributed by atoms with Gasteiger partial charge >= 0.3 is 0 Å². The van der Waals surface area contributed by atoms with Gasteiger partial charge in [0.25, 0.3) is 0 Å². The molecule has 2 nitrogen and oxygen atoms in total. The Bertz CT molecular complexity index is 561. The molecular weight excluding hydrogens is 356 g/mol. The quantitative estimate of drug-likeness (QED) is 0.524. The second kappa shape index (κ2) is 8.45. The Hall–Kier alpha value is -0.0800. The molecule has 168 valence electrons. The van der Waals surface area contributed by atoms with Crippen LogP contribution >= 0.6 is 0 Å². The van der Waals surface area contributed by atoms with Crippen LogP contribution in [0.15, 0.2) is 0 Å².